The normalized spacial score (nSPS) is 14.9. The first-order chi connectivity index (χ1) is 21.2. The van der Waals surface area contributed by atoms with Crippen LogP contribution in [0.1, 0.15) is 37.9 Å². The van der Waals surface area contributed by atoms with Gasteiger partial charge in [0.25, 0.3) is 5.56 Å². The van der Waals surface area contributed by atoms with Crippen LogP contribution in [0.2, 0.25) is 0 Å². The van der Waals surface area contributed by atoms with Crippen LogP contribution in [0.25, 0.3) is 23.0 Å². The van der Waals surface area contributed by atoms with E-state index in [9.17, 15) is 14.0 Å². The summed E-state index contributed by atoms with van der Waals surface area (Å²) in [6.07, 6.45) is 3.25. The lowest BCUT2D eigenvalue weighted by molar-refractivity contribution is -0.143. The van der Waals surface area contributed by atoms with Crippen LogP contribution in [-0.2, 0) is 9.53 Å². The van der Waals surface area contributed by atoms with E-state index >= 15 is 0 Å². The van der Waals surface area contributed by atoms with Crippen molar-refractivity contribution in [3.8, 4) is 22.7 Å². The minimum absolute atomic E-state index is 0.298. The van der Waals surface area contributed by atoms with E-state index < -0.39 is 12.0 Å². The van der Waals surface area contributed by atoms with Crippen molar-refractivity contribution in [1.82, 2.24) is 14.3 Å². The summed E-state index contributed by atoms with van der Waals surface area (Å²) in [5, 5.41) is 4.80. The van der Waals surface area contributed by atoms with Crippen LogP contribution in [0.4, 0.5) is 4.39 Å². The summed E-state index contributed by atoms with van der Waals surface area (Å²) >= 11 is 1.23. The second kappa shape index (κ2) is 11.9. The molecule has 8 nitrogen and oxygen atoms in total. The smallest absolute Gasteiger partial charge is 0.338 e. The predicted molar refractivity (Wildman–Crippen MR) is 167 cm³/mol. The number of allylic oxidation sites excluding steroid dienone is 1. The fourth-order valence-electron chi connectivity index (χ4n) is 5.14. The standard InChI is InChI=1S/C34H29FN4O4S/c1-20(2)43-33(41)29-21(3)36-34-39(31(29)23-12-16-27(42-4)17-13-23)32(40)28(44-34)18-24-19-38(26-8-6-5-7-9-26)37-30(24)22-10-14-25(35)15-11-22/h5-20,31H,1-4H3. The highest BCUT2D eigenvalue weighted by Gasteiger charge is 2.34. The summed E-state index contributed by atoms with van der Waals surface area (Å²) in [5.41, 5.74) is 3.97. The van der Waals surface area contributed by atoms with Crippen LogP contribution >= 0.6 is 11.3 Å². The van der Waals surface area contributed by atoms with E-state index in [2.05, 4.69) is 4.99 Å². The molecule has 0 saturated carbocycles. The molecule has 3 aromatic carbocycles. The molecule has 1 aliphatic rings. The number of thiazole rings is 1. The summed E-state index contributed by atoms with van der Waals surface area (Å²) in [6.45, 7) is 5.31. The van der Waals surface area contributed by atoms with E-state index in [0.29, 0.717) is 48.7 Å². The molecule has 1 atom stereocenters. The van der Waals surface area contributed by atoms with Gasteiger partial charge in [0.1, 0.15) is 17.3 Å². The van der Waals surface area contributed by atoms with Gasteiger partial charge in [0.05, 0.1) is 40.7 Å². The molecule has 3 heterocycles. The van der Waals surface area contributed by atoms with Gasteiger partial charge in [0, 0.05) is 17.3 Å². The first-order valence-corrected chi connectivity index (χ1v) is 14.8. The van der Waals surface area contributed by atoms with Crippen LogP contribution in [0.15, 0.2) is 106 Å². The maximum Gasteiger partial charge on any atom is 0.338 e. The van der Waals surface area contributed by atoms with Crippen molar-refractivity contribution in [3.63, 3.8) is 0 Å². The Labute approximate surface area is 256 Å². The Balaban J connectivity index is 1.55. The Bertz CT molecular complexity index is 2060. The third kappa shape index (κ3) is 5.51. The van der Waals surface area contributed by atoms with Gasteiger partial charge in [-0.15, -0.1) is 0 Å². The molecule has 10 heteroatoms. The lowest BCUT2D eigenvalue weighted by atomic mass is 9.96. The van der Waals surface area contributed by atoms with Crippen molar-refractivity contribution in [2.24, 2.45) is 4.99 Å². The fraction of sp³-hybridized carbons (Fsp3) is 0.176. The Morgan fingerprint density at radius 2 is 1.73 bits per heavy atom. The number of para-hydroxylation sites is 1. The summed E-state index contributed by atoms with van der Waals surface area (Å²) in [4.78, 5) is 32.7. The first kappa shape index (κ1) is 29.0. The molecule has 0 saturated heterocycles. The van der Waals surface area contributed by atoms with E-state index in [0.717, 1.165) is 5.69 Å². The van der Waals surface area contributed by atoms with Gasteiger partial charge in [-0.3, -0.25) is 9.36 Å². The SMILES string of the molecule is COc1ccc(C2C(C(=O)OC(C)C)=C(C)N=c3sc(=Cc4cn(-c5ccccc5)nc4-c4ccc(F)cc4)c(=O)n32)cc1. The number of halogens is 1. The second-order valence-electron chi connectivity index (χ2n) is 10.5. The van der Waals surface area contributed by atoms with Gasteiger partial charge in [0.15, 0.2) is 4.80 Å². The Hall–Kier alpha value is -5.09. The Morgan fingerprint density at radius 3 is 2.39 bits per heavy atom. The predicted octanol–water partition coefficient (Wildman–Crippen LogP) is 5.19. The van der Waals surface area contributed by atoms with E-state index in [4.69, 9.17) is 14.6 Å². The largest absolute Gasteiger partial charge is 0.497 e. The molecule has 6 rings (SSSR count). The highest BCUT2D eigenvalue weighted by molar-refractivity contribution is 7.07. The number of nitrogens with zero attached hydrogens (tertiary/aromatic N) is 4. The number of carbonyl (C=O) groups excluding carboxylic acids is 1. The van der Waals surface area contributed by atoms with E-state index in [1.807, 2.05) is 48.7 Å². The van der Waals surface area contributed by atoms with Gasteiger partial charge in [-0.05, 0) is 80.9 Å². The van der Waals surface area contributed by atoms with Gasteiger partial charge in [0.2, 0.25) is 0 Å². The number of benzene rings is 3. The zero-order valence-electron chi connectivity index (χ0n) is 24.5. The molecule has 0 radical (unpaired) electrons. The van der Waals surface area contributed by atoms with Gasteiger partial charge in [-0.1, -0.05) is 41.7 Å². The molecule has 5 aromatic rings. The lowest BCUT2D eigenvalue weighted by Crippen LogP contribution is -2.40. The van der Waals surface area contributed by atoms with Gasteiger partial charge >= 0.3 is 5.97 Å². The van der Waals surface area contributed by atoms with Crippen molar-refractivity contribution >= 4 is 23.4 Å². The summed E-state index contributed by atoms with van der Waals surface area (Å²) in [7, 11) is 1.58. The van der Waals surface area contributed by atoms with Crippen molar-refractivity contribution in [2.45, 2.75) is 32.9 Å². The average Bonchev–Trinajstić information content (AvgIpc) is 3.57. The molecular formula is C34H29FN4O4S. The molecule has 1 aliphatic heterocycles. The van der Waals surface area contributed by atoms with Crippen molar-refractivity contribution in [3.05, 3.63) is 133 Å². The number of esters is 1. The fourth-order valence-corrected chi connectivity index (χ4v) is 6.18. The van der Waals surface area contributed by atoms with Crippen molar-refractivity contribution in [1.29, 1.82) is 0 Å². The third-order valence-corrected chi connectivity index (χ3v) is 8.17. The number of fused-ring (bicyclic) bond motifs is 1. The number of rotatable bonds is 7. The Morgan fingerprint density at radius 1 is 1.02 bits per heavy atom. The molecule has 222 valence electrons. The molecule has 0 bridgehead atoms. The number of ether oxygens (including phenoxy) is 2. The minimum Gasteiger partial charge on any atom is -0.497 e. The molecule has 0 N–H and O–H groups in total. The zero-order valence-corrected chi connectivity index (χ0v) is 25.3. The number of hydrogen-bond acceptors (Lipinski definition) is 7. The Kier molecular flexibility index (Phi) is 7.84. The molecule has 0 aliphatic carbocycles. The molecule has 1 unspecified atom stereocenters. The topological polar surface area (TPSA) is 87.7 Å². The summed E-state index contributed by atoms with van der Waals surface area (Å²) in [6, 6.07) is 22.2. The van der Waals surface area contributed by atoms with Gasteiger partial charge < -0.3 is 9.47 Å². The third-order valence-electron chi connectivity index (χ3n) is 7.18. The number of hydrogen-bond donors (Lipinski definition) is 0. The van der Waals surface area contributed by atoms with Crippen LogP contribution in [-0.4, -0.2) is 33.5 Å². The van der Waals surface area contributed by atoms with Crippen LogP contribution in [0.3, 0.4) is 0 Å². The quantitative estimate of drug-likeness (QED) is 0.238. The van der Waals surface area contributed by atoms with Crippen LogP contribution in [0.5, 0.6) is 5.75 Å². The highest BCUT2D eigenvalue weighted by atomic mass is 32.1. The lowest BCUT2D eigenvalue weighted by Gasteiger charge is -2.25. The summed E-state index contributed by atoms with van der Waals surface area (Å²) in [5.74, 6) is -0.234. The van der Waals surface area contributed by atoms with Crippen LogP contribution < -0.4 is 19.6 Å². The molecule has 44 heavy (non-hydrogen) atoms. The molecule has 0 spiro atoms. The van der Waals surface area contributed by atoms with E-state index in [1.54, 1.807) is 67.5 Å². The molecule has 0 amide bonds. The van der Waals surface area contributed by atoms with Crippen LogP contribution in [0, 0.1) is 5.82 Å². The molecule has 0 fully saturated rings. The zero-order chi connectivity index (χ0) is 31.0. The minimum atomic E-state index is -0.755. The molecule has 2 aromatic heterocycles. The second-order valence-corrected chi connectivity index (χ2v) is 11.5. The number of methoxy groups -OCH3 is 1. The number of aromatic nitrogens is 3. The van der Waals surface area contributed by atoms with Crippen molar-refractivity contribution in [2.75, 3.05) is 7.11 Å². The summed E-state index contributed by atoms with van der Waals surface area (Å²) < 4.78 is 28.4. The number of carbonyl (C=O) groups is 1. The average molecular weight is 609 g/mol. The van der Waals surface area contributed by atoms with Gasteiger partial charge in [-0.25, -0.2) is 18.9 Å². The monoisotopic (exact) mass is 608 g/mol. The molecular weight excluding hydrogens is 579 g/mol. The highest BCUT2D eigenvalue weighted by Crippen LogP contribution is 2.32. The maximum absolute atomic E-state index is 14.2. The van der Waals surface area contributed by atoms with E-state index in [1.165, 1.54) is 23.5 Å². The van der Waals surface area contributed by atoms with Crippen molar-refractivity contribution < 1.29 is 18.7 Å². The maximum atomic E-state index is 14.2. The van der Waals surface area contributed by atoms with Gasteiger partial charge in [-0.2, -0.15) is 5.10 Å². The first-order valence-electron chi connectivity index (χ1n) is 14.0. The van der Waals surface area contributed by atoms with E-state index in [-0.39, 0.29) is 17.5 Å².